The molecule has 2 aromatic carbocycles. The number of unbranched alkanes of at least 4 members (excludes halogenated alkanes) is 1. The number of ether oxygens (including phenoxy) is 1. The smallest absolute Gasteiger partial charge is 0.284 e. The molecule has 0 atom stereocenters. The van der Waals surface area contributed by atoms with Crippen LogP contribution in [0.3, 0.4) is 0 Å². The molecule has 0 aliphatic carbocycles. The Morgan fingerprint density at radius 2 is 1.91 bits per heavy atom. The number of nitrogens with one attached hydrogen (secondary N) is 1. The maximum Gasteiger partial charge on any atom is 0.284 e. The van der Waals surface area contributed by atoms with Crippen LogP contribution >= 0.6 is 22.9 Å². The Morgan fingerprint density at radius 3 is 2.66 bits per heavy atom. The number of aromatic nitrogens is 4. The second kappa shape index (κ2) is 10.9. The monoisotopic (exact) mass is 467 g/mol. The Bertz CT molecular complexity index is 1130. The molecule has 9 heteroatoms. The topological polar surface area (TPSA) is 81.9 Å². The van der Waals surface area contributed by atoms with E-state index in [1.807, 2.05) is 28.4 Å². The predicted molar refractivity (Wildman–Crippen MR) is 125 cm³/mol. The third-order valence-electron chi connectivity index (χ3n) is 4.73. The SMILES string of the molecule is O=C(Nc1ccc(Cl)cc1)c1nc(COc2ccc(CCCCn3ccnn3)cc2)cs1. The number of nitrogens with zero attached hydrogens (tertiary/aromatic N) is 4. The van der Waals surface area contributed by atoms with Crippen LogP contribution < -0.4 is 10.1 Å². The number of thiazole rings is 1. The van der Waals surface area contributed by atoms with Crippen LogP contribution in [0, 0.1) is 0 Å². The normalized spacial score (nSPS) is 10.8. The van der Waals surface area contributed by atoms with Crippen molar-refractivity contribution in [2.24, 2.45) is 0 Å². The number of aryl methyl sites for hydroxylation is 2. The summed E-state index contributed by atoms with van der Waals surface area (Å²) in [6.45, 7) is 1.19. The summed E-state index contributed by atoms with van der Waals surface area (Å²) in [5, 5.41) is 13.4. The highest BCUT2D eigenvalue weighted by molar-refractivity contribution is 7.11. The number of benzene rings is 2. The number of hydrogen-bond donors (Lipinski definition) is 1. The van der Waals surface area contributed by atoms with Gasteiger partial charge in [0.2, 0.25) is 0 Å². The van der Waals surface area contributed by atoms with Crippen LogP contribution in [0.5, 0.6) is 5.75 Å². The van der Waals surface area contributed by atoms with Crippen molar-refractivity contribution < 1.29 is 9.53 Å². The molecule has 4 rings (SSSR count). The minimum atomic E-state index is -0.253. The minimum absolute atomic E-state index is 0.253. The van der Waals surface area contributed by atoms with E-state index in [9.17, 15) is 4.79 Å². The van der Waals surface area contributed by atoms with Crippen LogP contribution in [-0.4, -0.2) is 25.9 Å². The first-order valence-electron chi connectivity index (χ1n) is 10.2. The van der Waals surface area contributed by atoms with E-state index in [-0.39, 0.29) is 5.91 Å². The number of carbonyl (C=O) groups is 1. The third-order valence-corrected chi connectivity index (χ3v) is 5.87. The lowest BCUT2D eigenvalue weighted by molar-refractivity contribution is 0.102. The molecule has 0 unspecified atom stereocenters. The second-order valence-corrected chi connectivity index (χ2v) is 8.46. The van der Waals surface area contributed by atoms with E-state index in [1.165, 1.54) is 16.9 Å². The molecule has 0 spiro atoms. The van der Waals surface area contributed by atoms with Crippen molar-refractivity contribution in [3.05, 3.63) is 87.6 Å². The van der Waals surface area contributed by atoms with E-state index in [1.54, 1.807) is 30.5 Å². The summed E-state index contributed by atoms with van der Waals surface area (Å²) in [5.41, 5.74) is 2.66. The van der Waals surface area contributed by atoms with Crippen LogP contribution in [0.15, 0.2) is 66.3 Å². The molecule has 1 amide bonds. The molecule has 0 aliphatic heterocycles. The zero-order chi connectivity index (χ0) is 22.2. The number of anilines is 1. The van der Waals surface area contributed by atoms with E-state index >= 15 is 0 Å². The average molecular weight is 468 g/mol. The highest BCUT2D eigenvalue weighted by Gasteiger charge is 2.12. The molecule has 0 saturated carbocycles. The first-order chi connectivity index (χ1) is 15.7. The Labute approximate surface area is 195 Å². The van der Waals surface area contributed by atoms with Gasteiger partial charge in [0, 0.05) is 28.8 Å². The predicted octanol–water partition coefficient (Wildman–Crippen LogP) is 5.24. The fourth-order valence-corrected chi connectivity index (χ4v) is 3.88. The molecule has 7 nitrogen and oxygen atoms in total. The van der Waals surface area contributed by atoms with Crippen molar-refractivity contribution in [1.82, 2.24) is 20.0 Å². The van der Waals surface area contributed by atoms with Crippen molar-refractivity contribution in [3.63, 3.8) is 0 Å². The molecule has 2 heterocycles. The molecule has 4 aromatic rings. The van der Waals surface area contributed by atoms with E-state index in [2.05, 4.69) is 32.7 Å². The summed E-state index contributed by atoms with van der Waals surface area (Å²) >= 11 is 7.16. The first kappa shape index (κ1) is 22.0. The molecule has 0 aliphatic rings. The van der Waals surface area contributed by atoms with Crippen molar-refractivity contribution in [1.29, 1.82) is 0 Å². The standard InChI is InChI=1S/C23H22ClN5O2S/c24-18-6-8-19(9-7-18)26-22(30)23-27-20(16-32-23)15-31-21-10-4-17(5-11-21)3-1-2-13-29-14-12-25-28-29/h4-12,14,16H,1-3,13,15H2,(H,26,30). The first-order valence-corrected chi connectivity index (χ1v) is 11.5. The van der Waals surface area contributed by atoms with Crippen LogP contribution in [0.25, 0.3) is 0 Å². The lowest BCUT2D eigenvalue weighted by atomic mass is 10.1. The van der Waals surface area contributed by atoms with E-state index in [4.69, 9.17) is 16.3 Å². The van der Waals surface area contributed by atoms with Gasteiger partial charge in [-0.2, -0.15) is 0 Å². The highest BCUT2D eigenvalue weighted by atomic mass is 35.5. The van der Waals surface area contributed by atoms with Gasteiger partial charge in [0.05, 0.1) is 11.9 Å². The van der Waals surface area contributed by atoms with Gasteiger partial charge in [0.15, 0.2) is 5.01 Å². The summed E-state index contributed by atoms with van der Waals surface area (Å²) < 4.78 is 7.67. The summed E-state index contributed by atoms with van der Waals surface area (Å²) in [7, 11) is 0. The summed E-state index contributed by atoms with van der Waals surface area (Å²) in [4.78, 5) is 16.7. The molecule has 0 saturated heterocycles. The largest absolute Gasteiger partial charge is 0.487 e. The van der Waals surface area contributed by atoms with Gasteiger partial charge in [0.25, 0.3) is 5.91 Å². The maximum atomic E-state index is 12.4. The van der Waals surface area contributed by atoms with E-state index < -0.39 is 0 Å². The number of carbonyl (C=O) groups excluding carboxylic acids is 1. The zero-order valence-electron chi connectivity index (χ0n) is 17.3. The Balaban J connectivity index is 1.21. The fraction of sp³-hybridized carbons (Fsp3) is 0.217. The molecule has 0 fully saturated rings. The van der Waals surface area contributed by atoms with Crippen molar-refractivity contribution in [2.45, 2.75) is 32.4 Å². The van der Waals surface area contributed by atoms with Gasteiger partial charge >= 0.3 is 0 Å². The van der Waals surface area contributed by atoms with Gasteiger partial charge in [-0.25, -0.2) is 4.98 Å². The molecular weight excluding hydrogens is 446 g/mol. The van der Waals surface area contributed by atoms with Gasteiger partial charge in [-0.15, -0.1) is 16.4 Å². The van der Waals surface area contributed by atoms with E-state index in [0.717, 1.165) is 31.6 Å². The number of rotatable bonds is 10. The van der Waals surface area contributed by atoms with Crippen LogP contribution in [0.2, 0.25) is 5.02 Å². The summed E-state index contributed by atoms with van der Waals surface area (Å²) in [5.74, 6) is 0.522. The van der Waals surface area contributed by atoms with Gasteiger partial charge in [-0.1, -0.05) is 28.9 Å². The number of halogens is 1. The van der Waals surface area contributed by atoms with Crippen LogP contribution in [-0.2, 0) is 19.6 Å². The molecule has 2 aromatic heterocycles. The van der Waals surface area contributed by atoms with Gasteiger partial charge in [0.1, 0.15) is 12.4 Å². The van der Waals surface area contributed by atoms with Gasteiger partial charge < -0.3 is 10.1 Å². The van der Waals surface area contributed by atoms with Crippen molar-refractivity contribution in [2.75, 3.05) is 5.32 Å². The van der Waals surface area contributed by atoms with Crippen LogP contribution in [0.4, 0.5) is 5.69 Å². The summed E-state index contributed by atoms with van der Waals surface area (Å²) in [6.07, 6.45) is 6.72. The van der Waals surface area contributed by atoms with Crippen LogP contribution in [0.1, 0.15) is 33.9 Å². The quantitative estimate of drug-likeness (QED) is 0.322. The second-order valence-electron chi connectivity index (χ2n) is 7.16. The van der Waals surface area contributed by atoms with E-state index in [0.29, 0.717) is 28.0 Å². The lowest BCUT2D eigenvalue weighted by Gasteiger charge is -2.06. The third kappa shape index (κ3) is 6.38. The Morgan fingerprint density at radius 1 is 1.09 bits per heavy atom. The molecule has 0 bridgehead atoms. The highest BCUT2D eigenvalue weighted by Crippen LogP contribution is 2.19. The molecular formula is C23H22ClN5O2S. The van der Waals surface area contributed by atoms with Gasteiger partial charge in [-0.3, -0.25) is 9.48 Å². The fourth-order valence-electron chi connectivity index (χ4n) is 3.06. The Kier molecular flexibility index (Phi) is 7.47. The summed E-state index contributed by atoms with van der Waals surface area (Å²) in [6, 6.07) is 15.0. The molecule has 32 heavy (non-hydrogen) atoms. The van der Waals surface area contributed by atoms with Crippen molar-refractivity contribution >= 4 is 34.5 Å². The number of amides is 1. The van der Waals surface area contributed by atoms with Gasteiger partial charge in [-0.05, 0) is 61.2 Å². The number of hydrogen-bond acceptors (Lipinski definition) is 6. The zero-order valence-corrected chi connectivity index (χ0v) is 18.9. The minimum Gasteiger partial charge on any atom is -0.487 e. The maximum absolute atomic E-state index is 12.4. The van der Waals surface area contributed by atoms with Crippen molar-refractivity contribution in [3.8, 4) is 5.75 Å². The average Bonchev–Trinajstić information content (AvgIpc) is 3.50. The Hall–Kier alpha value is -3.23. The molecule has 0 radical (unpaired) electrons. The molecule has 1 N–H and O–H groups in total. The lowest BCUT2D eigenvalue weighted by Crippen LogP contribution is -2.11. The molecule has 164 valence electrons.